The fourth-order valence-electron chi connectivity index (χ4n) is 1.87. The summed E-state index contributed by atoms with van der Waals surface area (Å²) < 4.78 is 0. The van der Waals surface area contributed by atoms with Crippen LogP contribution in [0.1, 0.15) is 27.2 Å². The molecule has 0 rings (SSSR count). The van der Waals surface area contributed by atoms with Crippen molar-refractivity contribution in [3.05, 3.63) is 24.2 Å². The van der Waals surface area contributed by atoms with Crippen molar-refractivity contribution in [1.82, 2.24) is 10.2 Å². The van der Waals surface area contributed by atoms with Gasteiger partial charge in [0.25, 0.3) is 0 Å². The molecule has 0 fully saturated rings. The molecule has 0 saturated heterocycles. The van der Waals surface area contributed by atoms with E-state index in [0.29, 0.717) is 5.92 Å². The van der Waals surface area contributed by atoms with Crippen LogP contribution in [0.25, 0.3) is 0 Å². The molecule has 0 amide bonds. The molecule has 17 heavy (non-hydrogen) atoms. The number of nitrogens with zero attached hydrogens (tertiary/aromatic N) is 2. The topological polar surface area (TPSA) is 27.6 Å². The van der Waals surface area contributed by atoms with E-state index in [4.69, 9.17) is 6.42 Å². The van der Waals surface area contributed by atoms with E-state index in [1.54, 1.807) is 11.1 Å². The van der Waals surface area contributed by atoms with Crippen LogP contribution >= 0.6 is 0 Å². The van der Waals surface area contributed by atoms with Gasteiger partial charge < -0.3 is 5.32 Å². The van der Waals surface area contributed by atoms with Gasteiger partial charge in [0, 0.05) is 31.8 Å². The van der Waals surface area contributed by atoms with Gasteiger partial charge in [-0.15, -0.1) is 0 Å². The molecule has 0 aromatic carbocycles. The third-order valence-corrected chi connectivity index (χ3v) is 2.93. The molecule has 0 saturated carbocycles. The lowest BCUT2D eigenvalue weighted by Gasteiger charge is -2.24. The van der Waals surface area contributed by atoms with Gasteiger partial charge >= 0.3 is 0 Å². The molecule has 0 aromatic heterocycles. The van der Waals surface area contributed by atoms with Crippen LogP contribution in [0, 0.1) is 18.4 Å². The van der Waals surface area contributed by atoms with Gasteiger partial charge in [-0.05, 0) is 32.0 Å². The van der Waals surface area contributed by atoms with Crippen molar-refractivity contribution < 1.29 is 0 Å². The first kappa shape index (κ1) is 15.3. The Labute approximate surface area is 105 Å². The van der Waals surface area contributed by atoms with E-state index in [9.17, 15) is 0 Å². The summed E-state index contributed by atoms with van der Waals surface area (Å²) in [5, 5.41) is 3.10. The highest BCUT2D eigenvalue weighted by Gasteiger charge is 2.17. The maximum atomic E-state index is 5.43. The summed E-state index contributed by atoms with van der Waals surface area (Å²) >= 11 is 0. The van der Waals surface area contributed by atoms with E-state index in [2.05, 4.69) is 36.8 Å². The van der Waals surface area contributed by atoms with E-state index in [0.717, 1.165) is 18.0 Å². The Balaban J connectivity index is 5.44. The summed E-state index contributed by atoms with van der Waals surface area (Å²) in [6, 6.07) is 2.59. The standard InChI is InChI=1S/C14H23N3/c1-8-13(12(5)15-6)11(4)14(16-9-2)17(7)10-3/h3,9,13,16H,2,8H2,1,4-7H3/b14-11-,15-12?/t13-/m0/s1. The quantitative estimate of drug-likeness (QED) is 0.434. The summed E-state index contributed by atoms with van der Waals surface area (Å²) in [6.07, 6.45) is 8.06. The van der Waals surface area contributed by atoms with E-state index >= 15 is 0 Å². The number of hydrogen-bond acceptors (Lipinski definition) is 3. The van der Waals surface area contributed by atoms with Crippen molar-refractivity contribution in [3.63, 3.8) is 0 Å². The number of nitrogens with one attached hydrogen (secondary N) is 1. The van der Waals surface area contributed by atoms with Gasteiger partial charge in [0.2, 0.25) is 0 Å². The van der Waals surface area contributed by atoms with Crippen molar-refractivity contribution in [3.8, 4) is 12.5 Å². The zero-order valence-corrected chi connectivity index (χ0v) is 11.5. The highest BCUT2D eigenvalue weighted by molar-refractivity contribution is 5.86. The number of allylic oxidation sites excluding steroid dienone is 1. The molecule has 0 aliphatic carbocycles. The molecule has 0 aromatic rings. The molecule has 3 nitrogen and oxygen atoms in total. The van der Waals surface area contributed by atoms with Gasteiger partial charge in [0.1, 0.15) is 5.82 Å². The minimum absolute atomic E-state index is 0.304. The summed E-state index contributed by atoms with van der Waals surface area (Å²) in [6.45, 7) is 9.93. The first-order valence-corrected chi connectivity index (χ1v) is 5.74. The molecule has 0 bridgehead atoms. The van der Waals surface area contributed by atoms with Crippen molar-refractivity contribution in [2.45, 2.75) is 27.2 Å². The monoisotopic (exact) mass is 233 g/mol. The Morgan fingerprint density at radius 3 is 2.53 bits per heavy atom. The molecule has 0 radical (unpaired) electrons. The van der Waals surface area contributed by atoms with Crippen LogP contribution in [-0.4, -0.2) is 24.7 Å². The van der Waals surface area contributed by atoms with Crippen LogP contribution in [0.3, 0.4) is 0 Å². The van der Waals surface area contributed by atoms with Gasteiger partial charge in [-0.25, -0.2) is 0 Å². The van der Waals surface area contributed by atoms with E-state index in [1.165, 1.54) is 5.57 Å². The van der Waals surface area contributed by atoms with Gasteiger partial charge in [-0.3, -0.25) is 9.89 Å². The predicted molar refractivity (Wildman–Crippen MR) is 75.4 cm³/mol. The maximum absolute atomic E-state index is 5.43. The molecular weight excluding hydrogens is 210 g/mol. The second-order valence-corrected chi connectivity index (χ2v) is 3.89. The minimum Gasteiger partial charge on any atom is -0.348 e. The van der Waals surface area contributed by atoms with E-state index < -0.39 is 0 Å². The van der Waals surface area contributed by atoms with Gasteiger partial charge in [0.15, 0.2) is 0 Å². The molecule has 0 heterocycles. The largest absolute Gasteiger partial charge is 0.348 e. The highest BCUT2D eigenvalue weighted by atomic mass is 15.2. The molecule has 0 unspecified atom stereocenters. The Kier molecular flexibility index (Phi) is 6.81. The second-order valence-electron chi connectivity index (χ2n) is 3.89. The third-order valence-electron chi connectivity index (χ3n) is 2.93. The summed E-state index contributed by atoms with van der Waals surface area (Å²) in [5.41, 5.74) is 2.29. The zero-order chi connectivity index (χ0) is 13.4. The SMILES string of the molecule is C#CN(C)/C(NC=C)=C(/C)[C@H](CC)C(C)=NC. The Hall–Kier alpha value is -1.69. The van der Waals surface area contributed by atoms with Crippen LogP contribution < -0.4 is 5.32 Å². The number of aliphatic imine (C=N–C) groups is 1. The fraction of sp³-hybridized carbons (Fsp3) is 0.500. The second kappa shape index (κ2) is 7.56. The van der Waals surface area contributed by atoms with Gasteiger partial charge in [-0.1, -0.05) is 19.9 Å². The number of hydrogen-bond donors (Lipinski definition) is 1. The fourth-order valence-corrected chi connectivity index (χ4v) is 1.87. The average Bonchev–Trinajstić information content (AvgIpc) is 2.35. The Bertz CT molecular complexity index is 358. The zero-order valence-electron chi connectivity index (χ0n) is 11.5. The first-order chi connectivity index (χ1) is 8.03. The average molecular weight is 233 g/mol. The van der Waals surface area contributed by atoms with Crippen molar-refractivity contribution in [2.24, 2.45) is 10.9 Å². The Morgan fingerprint density at radius 1 is 1.59 bits per heavy atom. The molecule has 0 aliphatic heterocycles. The lowest BCUT2D eigenvalue weighted by Crippen LogP contribution is -2.26. The maximum Gasteiger partial charge on any atom is 0.116 e. The molecule has 3 heteroatoms. The van der Waals surface area contributed by atoms with E-state index in [-0.39, 0.29) is 0 Å². The van der Waals surface area contributed by atoms with Crippen LogP contribution in [0.2, 0.25) is 0 Å². The lowest BCUT2D eigenvalue weighted by atomic mass is 9.92. The number of rotatable bonds is 6. The summed E-state index contributed by atoms with van der Waals surface area (Å²) in [7, 11) is 3.66. The Morgan fingerprint density at radius 2 is 2.18 bits per heavy atom. The van der Waals surface area contributed by atoms with Gasteiger partial charge in [-0.2, -0.15) is 0 Å². The third kappa shape index (κ3) is 3.99. The molecule has 0 spiro atoms. The van der Waals surface area contributed by atoms with Crippen molar-refractivity contribution in [1.29, 1.82) is 0 Å². The minimum atomic E-state index is 0.304. The van der Waals surface area contributed by atoms with Crippen LogP contribution in [-0.2, 0) is 0 Å². The van der Waals surface area contributed by atoms with Crippen molar-refractivity contribution >= 4 is 5.71 Å². The molecule has 94 valence electrons. The summed E-state index contributed by atoms with van der Waals surface area (Å²) in [5.74, 6) is 1.20. The number of terminal acetylenes is 1. The lowest BCUT2D eigenvalue weighted by molar-refractivity contribution is 0.537. The highest BCUT2D eigenvalue weighted by Crippen LogP contribution is 2.20. The normalized spacial score (nSPS) is 14.5. The molecular formula is C14H23N3. The smallest absolute Gasteiger partial charge is 0.116 e. The molecule has 1 N–H and O–H groups in total. The summed E-state index contributed by atoms with van der Waals surface area (Å²) in [4.78, 5) is 5.99. The van der Waals surface area contributed by atoms with Crippen LogP contribution in [0.4, 0.5) is 0 Å². The molecule has 1 atom stereocenters. The van der Waals surface area contributed by atoms with Gasteiger partial charge in [0.05, 0.1) is 0 Å². The first-order valence-electron chi connectivity index (χ1n) is 5.74. The predicted octanol–water partition coefficient (Wildman–Crippen LogP) is 2.59. The van der Waals surface area contributed by atoms with E-state index in [1.807, 2.05) is 21.0 Å². The van der Waals surface area contributed by atoms with Crippen molar-refractivity contribution in [2.75, 3.05) is 14.1 Å². The van der Waals surface area contributed by atoms with Crippen LogP contribution in [0.5, 0.6) is 0 Å². The van der Waals surface area contributed by atoms with Crippen LogP contribution in [0.15, 0.2) is 29.2 Å². The molecule has 0 aliphatic rings.